The molecular formula is C18H26O3. The third-order valence-corrected chi connectivity index (χ3v) is 7.53. The maximum Gasteiger partial charge on any atom is 0.139 e. The van der Waals surface area contributed by atoms with E-state index < -0.39 is 0 Å². The summed E-state index contributed by atoms with van der Waals surface area (Å²) in [5.41, 5.74) is -0.113. The monoisotopic (exact) mass is 290 g/mol. The molecule has 3 heteroatoms. The molecule has 0 aromatic rings. The van der Waals surface area contributed by atoms with Gasteiger partial charge in [0.05, 0.1) is 6.10 Å². The minimum absolute atomic E-state index is 0.113. The Balaban J connectivity index is 1.63. The van der Waals surface area contributed by atoms with Gasteiger partial charge in [-0.15, -0.1) is 0 Å². The zero-order chi connectivity index (χ0) is 14.8. The SMILES string of the molecule is CC12CCC3C4CCC(=O)CC4C(O)CC3C1CCC2=O. The molecular weight excluding hydrogens is 264 g/mol. The standard InChI is InChI=1S/C18H26O3/c1-18-7-6-12-11-3-2-10(19)8-14(11)16(20)9-13(12)15(18)4-5-17(18)21/h11-16,20H,2-9H2,1H3. The van der Waals surface area contributed by atoms with Crippen LogP contribution in [0, 0.1) is 35.0 Å². The Morgan fingerprint density at radius 3 is 2.57 bits per heavy atom. The molecule has 4 rings (SSSR count). The molecule has 1 N–H and O–H groups in total. The predicted molar refractivity (Wildman–Crippen MR) is 78.5 cm³/mol. The minimum Gasteiger partial charge on any atom is -0.393 e. The average Bonchev–Trinajstić information content (AvgIpc) is 2.76. The van der Waals surface area contributed by atoms with Gasteiger partial charge in [0.2, 0.25) is 0 Å². The van der Waals surface area contributed by atoms with E-state index in [0.29, 0.717) is 48.1 Å². The number of Topliss-reactive ketones (excluding diaryl/α,β-unsaturated/α-hetero) is 2. The van der Waals surface area contributed by atoms with Crippen molar-refractivity contribution in [3.05, 3.63) is 0 Å². The highest BCUT2D eigenvalue weighted by Gasteiger charge is 2.58. The molecule has 4 aliphatic carbocycles. The highest BCUT2D eigenvalue weighted by molar-refractivity contribution is 5.87. The van der Waals surface area contributed by atoms with Crippen LogP contribution >= 0.6 is 0 Å². The van der Waals surface area contributed by atoms with Crippen LogP contribution in [0.1, 0.15) is 58.3 Å². The fourth-order valence-corrected chi connectivity index (χ4v) is 6.42. The lowest BCUT2D eigenvalue weighted by Crippen LogP contribution is -2.53. The normalized spacial score (nSPS) is 53.0. The number of aliphatic hydroxyl groups excluding tert-OH is 1. The molecule has 0 amide bonds. The second-order valence-electron chi connectivity index (χ2n) is 8.26. The first-order valence-corrected chi connectivity index (χ1v) is 8.74. The van der Waals surface area contributed by atoms with Gasteiger partial charge in [0.1, 0.15) is 11.6 Å². The summed E-state index contributed by atoms with van der Waals surface area (Å²) in [6.07, 6.45) is 6.71. The second kappa shape index (κ2) is 4.65. The van der Waals surface area contributed by atoms with Crippen molar-refractivity contribution < 1.29 is 14.7 Å². The van der Waals surface area contributed by atoms with Gasteiger partial charge in [-0.05, 0) is 61.7 Å². The van der Waals surface area contributed by atoms with Crippen LogP contribution in [0.3, 0.4) is 0 Å². The molecule has 21 heavy (non-hydrogen) atoms. The van der Waals surface area contributed by atoms with Crippen molar-refractivity contribution >= 4 is 11.6 Å². The van der Waals surface area contributed by atoms with Crippen LogP contribution in [0.25, 0.3) is 0 Å². The molecule has 0 saturated heterocycles. The highest BCUT2D eigenvalue weighted by Crippen LogP contribution is 2.61. The van der Waals surface area contributed by atoms with E-state index in [0.717, 1.165) is 38.5 Å². The summed E-state index contributed by atoms with van der Waals surface area (Å²) >= 11 is 0. The van der Waals surface area contributed by atoms with Gasteiger partial charge in [0.15, 0.2) is 0 Å². The molecule has 7 unspecified atom stereocenters. The summed E-state index contributed by atoms with van der Waals surface area (Å²) in [4.78, 5) is 24.0. The Hall–Kier alpha value is -0.700. The van der Waals surface area contributed by atoms with Gasteiger partial charge < -0.3 is 5.11 Å². The molecule has 3 nitrogen and oxygen atoms in total. The average molecular weight is 290 g/mol. The van der Waals surface area contributed by atoms with Crippen LogP contribution in [-0.4, -0.2) is 22.8 Å². The van der Waals surface area contributed by atoms with Crippen LogP contribution < -0.4 is 0 Å². The van der Waals surface area contributed by atoms with E-state index in [1.165, 1.54) is 0 Å². The molecule has 7 atom stereocenters. The van der Waals surface area contributed by atoms with Crippen LogP contribution in [0.2, 0.25) is 0 Å². The number of aliphatic hydroxyl groups is 1. The summed E-state index contributed by atoms with van der Waals surface area (Å²) in [6.45, 7) is 2.17. The second-order valence-corrected chi connectivity index (χ2v) is 8.26. The molecule has 4 saturated carbocycles. The first kappa shape index (κ1) is 13.9. The number of fused-ring (bicyclic) bond motifs is 5. The van der Waals surface area contributed by atoms with E-state index in [1.807, 2.05) is 0 Å². The summed E-state index contributed by atoms with van der Waals surface area (Å²) in [5, 5.41) is 10.6. The first-order chi connectivity index (χ1) is 10.0. The van der Waals surface area contributed by atoms with Crippen molar-refractivity contribution in [3.8, 4) is 0 Å². The predicted octanol–water partition coefficient (Wildman–Crippen LogP) is 2.75. The van der Waals surface area contributed by atoms with Crippen LogP contribution in [0.5, 0.6) is 0 Å². The van der Waals surface area contributed by atoms with Crippen molar-refractivity contribution in [2.45, 2.75) is 64.4 Å². The number of hydrogen-bond donors (Lipinski definition) is 1. The maximum absolute atomic E-state index is 12.3. The fraction of sp³-hybridized carbons (Fsp3) is 0.889. The van der Waals surface area contributed by atoms with Crippen molar-refractivity contribution in [1.82, 2.24) is 0 Å². The smallest absolute Gasteiger partial charge is 0.139 e. The highest BCUT2D eigenvalue weighted by atomic mass is 16.3. The third kappa shape index (κ3) is 1.89. The van der Waals surface area contributed by atoms with Crippen LogP contribution in [0.4, 0.5) is 0 Å². The van der Waals surface area contributed by atoms with Gasteiger partial charge in [-0.1, -0.05) is 6.92 Å². The quantitative estimate of drug-likeness (QED) is 0.746. The van der Waals surface area contributed by atoms with E-state index >= 15 is 0 Å². The van der Waals surface area contributed by atoms with E-state index in [2.05, 4.69) is 6.92 Å². The zero-order valence-corrected chi connectivity index (χ0v) is 12.9. The molecule has 116 valence electrons. The van der Waals surface area contributed by atoms with E-state index in [-0.39, 0.29) is 17.4 Å². The summed E-state index contributed by atoms with van der Waals surface area (Å²) in [5.74, 6) is 3.17. The summed E-state index contributed by atoms with van der Waals surface area (Å²) in [6, 6.07) is 0. The summed E-state index contributed by atoms with van der Waals surface area (Å²) < 4.78 is 0. The molecule has 0 bridgehead atoms. The van der Waals surface area contributed by atoms with E-state index in [4.69, 9.17) is 0 Å². The Morgan fingerprint density at radius 2 is 1.76 bits per heavy atom. The lowest BCUT2D eigenvalue weighted by Gasteiger charge is -2.55. The molecule has 0 aliphatic heterocycles. The first-order valence-electron chi connectivity index (χ1n) is 8.74. The topological polar surface area (TPSA) is 54.4 Å². The molecule has 0 aromatic heterocycles. The Morgan fingerprint density at radius 1 is 1.00 bits per heavy atom. The molecule has 0 heterocycles. The number of ketones is 2. The van der Waals surface area contributed by atoms with Crippen LogP contribution in [0.15, 0.2) is 0 Å². The molecule has 0 aromatic carbocycles. The number of carbonyl (C=O) groups is 2. The van der Waals surface area contributed by atoms with Crippen molar-refractivity contribution in [1.29, 1.82) is 0 Å². The Bertz CT molecular complexity index is 485. The van der Waals surface area contributed by atoms with Gasteiger partial charge in [-0.25, -0.2) is 0 Å². The Kier molecular flexibility index (Phi) is 3.08. The molecule has 0 spiro atoms. The number of hydrogen-bond acceptors (Lipinski definition) is 3. The van der Waals surface area contributed by atoms with Crippen molar-refractivity contribution in [2.75, 3.05) is 0 Å². The van der Waals surface area contributed by atoms with Crippen LogP contribution in [-0.2, 0) is 9.59 Å². The fourth-order valence-electron chi connectivity index (χ4n) is 6.42. The Labute approximate surface area is 126 Å². The van der Waals surface area contributed by atoms with Gasteiger partial charge in [0, 0.05) is 24.7 Å². The maximum atomic E-state index is 12.3. The van der Waals surface area contributed by atoms with Gasteiger partial charge >= 0.3 is 0 Å². The molecule has 4 fully saturated rings. The van der Waals surface area contributed by atoms with Gasteiger partial charge in [-0.2, -0.15) is 0 Å². The lowest BCUT2D eigenvalue weighted by molar-refractivity contribution is -0.143. The van der Waals surface area contributed by atoms with Gasteiger partial charge in [0.25, 0.3) is 0 Å². The lowest BCUT2D eigenvalue weighted by atomic mass is 9.50. The largest absolute Gasteiger partial charge is 0.393 e. The number of rotatable bonds is 0. The van der Waals surface area contributed by atoms with Crippen molar-refractivity contribution in [3.63, 3.8) is 0 Å². The molecule has 0 radical (unpaired) electrons. The van der Waals surface area contributed by atoms with E-state index in [1.54, 1.807) is 0 Å². The third-order valence-electron chi connectivity index (χ3n) is 7.53. The molecule has 4 aliphatic rings. The van der Waals surface area contributed by atoms with E-state index in [9.17, 15) is 14.7 Å². The minimum atomic E-state index is -0.321. The zero-order valence-electron chi connectivity index (χ0n) is 12.9. The summed E-state index contributed by atoms with van der Waals surface area (Å²) in [7, 11) is 0. The van der Waals surface area contributed by atoms with Gasteiger partial charge in [-0.3, -0.25) is 9.59 Å². The number of carbonyl (C=O) groups excluding carboxylic acids is 2. The van der Waals surface area contributed by atoms with Crippen molar-refractivity contribution in [2.24, 2.45) is 35.0 Å².